The Morgan fingerprint density at radius 1 is 1.18 bits per heavy atom. The maximum atomic E-state index is 12.7. The Labute approximate surface area is 165 Å². The number of amides is 1. The number of aromatic nitrogens is 1. The lowest BCUT2D eigenvalue weighted by molar-refractivity contribution is 0.0997. The van der Waals surface area contributed by atoms with Crippen molar-refractivity contribution in [3.05, 3.63) is 46.8 Å². The lowest BCUT2D eigenvalue weighted by Crippen LogP contribution is -2.16. The van der Waals surface area contributed by atoms with Crippen LogP contribution in [0.25, 0.3) is 10.2 Å². The molecule has 146 valence electrons. The van der Waals surface area contributed by atoms with Crippen LogP contribution >= 0.6 is 11.3 Å². The zero-order valence-electron chi connectivity index (χ0n) is 15.3. The van der Waals surface area contributed by atoms with Crippen LogP contribution in [-0.2, 0) is 16.4 Å². The molecule has 0 aliphatic carbocycles. The van der Waals surface area contributed by atoms with Gasteiger partial charge in [0, 0.05) is 24.2 Å². The van der Waals surface area contributed by atoms with Crippen LogP contribution in [0.2, 0.25) is 0 Å². The van der Waals surface area contributed by atoms with Crippen LogP contribution in [0, 0.1) is 0 Å². The largest absolute Gasteiger partial charge is 0.454 e. The molecule has 1 amide bonds. The van der Waals surface area contributed by atoms with E-state index in [9.17, 15) is 13.2 Å². The molecule has 7 nitrogen and oxygen atoms in total. The SMILES string of the molecule is CCn1c(=NC(=O)c2cccc(S(=O)(=O)CC)c2)sc2cc3c(cc21)OCO3. The zero-order valence-corrected chi connectivity index (χ0v) is 17.0. The molecule has 28 heavy (non-hydrogen) atoms. The Morgan fingerprint density at radius 3 is 2.64 bits per heavy atom. The van der Waals surface area contributed by atoms with E-state index < -0.39 is 15.7 Å². The number of carbonyl (C=O) groups is 1. The fourth-order valence-corrected chi connectivity index (χ4v) is 5.02. The van der Waals surface area contributed by atoms with Crippen molar-refractivity contribution in [2.45, 2.75) is 25.3 Å². The molecule has 0 bridgehead atoms. The van der Waals surface area contributed by atoms with Crippen LogP contribution in [0.4, 0.5) is 0 Å². The van der Waals surface area contributed by atoms with Crippen molar-refractivity contribution in [2.75, 3.05) is 12.5 Å². The lowest BCUT2D eigenvalue weighted by Gasteiger charge is -2.03. The standard InChI is InChI=1S/C19H18N2O5S2/c1-3-21-14-9-15-16(26-11-25-15)10-17(14)27-19(21)20-18(22)12-6-5-7-13(8-12)28(23,24)4-2/h5-10H,3-4,11H2,1-2H3. The second-order valence-corrected chi connectivity index (χ2v) is 9.44. The average Bonchev–Trinajstić information content (AvgIpc) is 3.28. The molecule has 0 unspecified atom stereocenters. The maximum absolute atomic E-state index is 12.7. The van der Waals surface area contributed by atoms with E-state index >= 15 is 0 Å². The molecule has 2 aromatic carbocycles. The molecular formula is C19H18N2O5S2. The smallest absolute Gasteiger partial charge is 0.279 e. The maximum Gasteiger partial charge on any atom is 0.279 e. The molecule has 0 N–H and O–H groups in total. The van der Waals surface area contributed by atoms with Gasteiger partial charge in [0.05, 0.1) is 20.9 Å². The normalized spacial score (nSPS) is 14.0. The highest BCUT2D eigenvalue weighted by Gasteiger charge is 2.18. The first-order valence-electron chi connectivity index (χ1n) is 8.78. The minimum atomic E-state index is -3.39. The second-order valence-electron chi connectivity index (χ2n) is 6.15. The predicted molar refractivity (Wildman–Crippen MR) is 106 cm³/mol. The molecular weight excluding hydrogens is 400 g/mol. The first-order chi connectivity index (χ1) is 13.4. The van der Waals surface area contributed by atoms with E-state index in [-0.39, 0.29) is 23.0 Å². The van der Waals surface area contributed by atoms with Gasteiger partial charge in [-0.05, 0) is 25.1 Å². The summed E-state index contributed by atoms with van der Waals surface area (Å²) in [6, 6.07) is 9.76. The third kappa shape index (κ3) is 3.20. The molecule has 1 aliphatic rings. The quantitative estimate of drug-likeness (QED) is 0.650. The highest BCUT2D eigenvalue weighted by atomic mass is 32.2. The van der Waals surface area contributed by atoms with Crippen LogP contribution in [0.1, 0.15) is 24.2 Å². The molecule has 2 heterocycles. The van der Waals surface area contributed by atoms with Crippen molar-refractivity contribution < 1.29 is 22.7 Å². The van der Waals surface area contributed by atoms with Crippen molar-refractivity contribution in [1.29, 1.82) is 0 Å². The van der Waals surface area contributed by atoms with Gasteiger partial charge in [-0.15, -0.1) is 0 Å². The van der Waals surface area contributed by atoms with E-state index in [1.165, 1.54) is 23.5 Å². The zero-order chi connectivity index (χ0) is 19.9. The summed E-state index contributed by atoms with van der Waals surface area (Å²) in [5, 5.41) is 0. The molecule has 0 saturated heterocycles. The van der Waals surface area contributed by atoms with E-state index in [4.69, 9.17) is 9.47 Å². The lowest BCUT2D eigenvalue weighted by atomic mass is 10.2. The monoisotopic (exact) mass is 418 g/mol. The fourth-order valence-electron chi connectivity index (χ4n) is 2.99. The molecule has 4 rings (SSSR count). The van der Waals surface area contributed by atoms with Crippen molar-refractivity contribution in [2.24, 2.45) is 4.99 Å². The third-order valence-corrected chi connectivity index (χ3v) is 7.28. The minimum Gasteiger partial charge on any atom is -0.454 e. The Balaban J connectivity index is 1.80. The van der Waals surface area contributed by atoms with E-state index in [2.05, 4.69) is 4.99 Å². The molecule has 0 spiro atoms. The number of rotatable bonds is 4. The molecule has 9 heteroatoms. The second kappa shape index (κ2) is 7.06. The van der Waals surface area contributed by atoms with E-state index in [0.717, 1.165) is 10.2 Å². The summed E-state index contributed by atoms with van der Waals surface area (Å²) in [7, 11) is -3.39. The Morgan fingerprint density at radius 2 is 1.93 bits per heavy atom. The summed E-state index contributed by atoms with van der Waals surface area (Å²) in [4.78, 5) is 17.6. The fraction of sp³-hybridized carbons (Fsp3) is 0.263. The molecule has 0 atom stereocenters. The topological polar surface area (TPSA) is 87.0 Å². The van der Waals surface area contributed by atoms with Crippen LogP contribution in [0.5, 0.6) is 11.5 Å². The van der Waals surface area contributed by atoms with E-state index in [1.54, 1.807) is 19.1 Å². The first-order valence-corrected chi connectivity index (χ1v) is 11.2. The van der Waals surface area contributed by atoms with Crippen molar-refractivity contribution in [3.8, 4) is 11.5 Å². The number of benzene rings is 2. The van der Waals surface area contributed by atoms with Gasteiger partial charge in [-0.1, -0.05) is 24.3 Å². The van der Waals surface area contributed by atoms with Gasteiger partial charge in [0.1, 0.15) is 0 Å². The van der Waals surface area contributed by atoms with Gasteiger partial charge in [0.15, 0.2) is 26.1 Å². The van der Waals surface area contributed by atoms with Crippen LogP contribution in [0.15, 0.2) is 46.3 Å². The number of aryl methyl sites for hydroxylation is 1. The first kappa shape index (κ1) is 18.7. The number of sulfone groups is 1. The number of ether oxygens (including phenoxy) is 2. The summed E-state index contributed by atoms with van der Waals surface area (Å²) in [6.45, 7) is 4.36. The summed E-state index contributed by atoms with van der Waals surface area (Å²) in [5.41, 5.74) is 1.15. The molecule has 1 aromatic heterocycles. The molecule has 0 radical (unpaired) electrons. The number of thiazole rings is 1. The van der Waals surface area contributed by atoms with Gasteiger partial charge in [-0.25, -0.2) is 8.42 Å². The number of hydrogen-bond donors (Lipinski definition) is 0. The number of hydrogen-bond acceptors (Lipinski definition) is 6. The van der Waals surface area contributed by atoms with Crippen molar-refractivity contribution >= 4 is 37.3 Å². The third-order valence-electron chi connectivity index (χ3n) is 4.51. The molecule has 1 aliphatic heterocycles. The van der Waals surface area contributed by atoms with E-state index in [0.29, 0.717) is 22.8 Å². The Hall–Kier alpha value is -2.65. The average molecular weight is 418 g/mol. The Bertz CT molecular complexity index is 1260. The van der Waals surface area contributed by atoms with Gasteiger partial charge in [0.25, 0.3) is 5.91 Å². The summed E-state index contributed by atoms with van der Waals surface area (Å²) < 4.78 is 37.9. The van der Waals surface area contributed by atoms with Gasteiger partial charge in [-0.3, -0.25) is 4.79 Å². The molecule has 3 aromatic rings. The number of fused-ring (bicyclic) bond motifs is 2. The van der Waals surface area contributed by atoms with Gasteiger partial charge in [-0.2, -0.15) is 4.99 Å². The summed E-state index contributed by atoms with van der Waals surface area (Å²) >= 11 is 1.37. The minimum absolute atomic E-state index is 0.0251. The predicted octanol–water partition coefficient (Wildman–Crippen LogP) is 2.99. The van der Waals surface area contributed by atoms with Gasteiger partial charge >= 0.3 is 0 Å². The van der Waals surface area contributed by atoms with Crippen LogP contribution < -0.4 is 14.3 Å². The summed E-state index contributed by atoms with van der Waals surface area (Å²) in [6.07, 6.45) is 0. The van der Waals surface area contributed by atoms with Crippen LogP contribution in [0.3, 0.4) is 0 Å². The summed E-state index contributed by atoms with van der Waals surface area (Å²) in [5.74, 6) is 0.833. The van der Waals surface area contributed by atoms with Crippen molar-refractivity contribution in [1.82, 2.24) is 4.57 Å². The number of carbonyl (C=O) groups excluding carboxylic acids is 1. The highest BCUT2D eigenvalue weighted by molar-refractivity contribution is 7.91. The van der Waals surface area contributed by atoms with Gasteiger partial charge in [0.2, 0.25) is 6.79 Å². The molecule has 0 fully saturated rings. The van der Waals surface area contributed by atoms with E-state index in [1.807, 2.05) is 23.6 Å². The highest BCUT2D eigenvalue weighted by Crippen LogP contribution is 2.36. The molecule has 0 saturated carbocycles. The van der Waals surface area contributed by atoms with Crippen molar-refractivity contribution in [3.63, 3.8) is 0 Å². The number of nitrogens with zero attached hydrogens (tertiary/aromatic N) is 2. The Kier molecular flexibility index (Phi) is 4.72. The van der Waals surface area contributed by atoms with Crippen LogP contribution in [-0.4, -0.2) is 31.4 Å². The van der Waals surface area contributed by atoms with Gasteiger partial charge < -0.3 is 14.0 Å².